The van der Waals surface area contributed by atoms with Crippen LogP contribution < -0.4 is 15.8 Å². The van der Waals surface area contributed by atoms with Crippen molar-refractivity contribution in [1.82, 2.24) is 10.6 Å². The zero-order chi connectivity index (χ0) is 19.9. The molecule has 0 amide bonds. The van der Waals surface area contributed by atoms with Crippen LogP contribution in [0.1, 0.15) is 23.6 Å². The molecule has 0 saturated heterocycles. The first-order valence-electron chi connectivity index (χ1n) is 8.68. The average molecular weight is 520 g/mol. The predicted octanol–water partition coefficient (Wildman–Crippen LogP) is 2.70. The molecule has 0 aliphatic rings. The molecule has 0 spiro atoms. The number of hydrogen-bond donors (Lipinski definition) is 3. The lowest BCUT2D eigenvalue weighted by molar-refractivity contribution is 0.597. The molecule has 28 heavy (non-hydrogen) atoms. The zero-order valence-corrected chi connectivity index (χ0v) is 19.1. The summed E-state index contributed by atoms with van der Waals surface area (Å²) in [5.41, 5.74) is 2.73. The van der Waals surface area contributed by atoms with E-state index in [1.54, 1.807) is 18.2 Å². The summed E-state index contributed by atoms with van der Waals surface area (Å²) in [5.74, 6) is 0.388. The molecule has 2 aromatic carbocycles. The number of guanidine groups is 1. The first-order valence-corrected chi connectivity index (χ1v) is 10.2. The molecule has 0 saturated carbocycles. The summed E-state index contributed by atoms with van der Waals surface area (Å²) < 4.78 is 36.1. The van der Waals surface area contributed by atoms with Crippen LogP contribution >= 0.6 is 24.0 Å². The van der Waals surface area contributed by atoms with Crippen molar-refractivity contribution in [2.45, 2.75) is 31.7 Å². The van der Waals surface area contributed by atoms with Gasteiger partial charge in [0, 0.05) is 13.1 Å². The van der Waals surface area contributed by atoms with Crippen LogP contribution in [0.5, 0.6) is 0 Å². The van der Waals surface area contributed by atoms with Gasteiger partial charge in [0.1, 0.15) is 5.82 Å². The average Bonchev–Trinajstić information content (AvgIpc) is 2.61. The van der Waals surface area contributed by atoms with Gasteiger partial charge < -0.3 is 10.6 Å². The summed E-state index contributed by atoms with van der Waals surface area (Å²) in [5, 5.41) is 11.5. The lowest BCUT2D eigenvalue weighted by atomic mass is 10.1. The van der Waals surface area contributed by atoms with Crippen molar-refractivity contribution in [2.75, 3.05) is 13.1 Å². The van der Waals surface area contributed by atoms with Crippen molar-refractivity contribution < 1.29 is 12.8 Å². The van der Waals surface area contributed by atoms with E-state index in [2.05, 4.69) is 15.6 Å². The number of sulfonamides is 1. The third-order valence-corrected chi connectivity index (χ3v) is 4.89. The Balaban J connectivity index is 0.00000392. The molecule has 6 nitrogen and oxygen atoms in total. The van der Waals surface area contributed by atoms with E-state index in [9.17, 15) is 12.8 Å². The largest absolute Gasteiger partial charge is 0.357 e. The van der Waals surface area contributed by atoms with Gasteiger partial charge >= 0.3 is 0 Å². The lowest BCUT2D eigenvalue weighted by Gasteiger charge is -2.12. The van der Waals surface area contributed by atoms with Crippen LogP contribution in [0.2, 0.25) is 0 Å². The number of hydrogen-bond acceptors (Lipinski definition) is 3. The van der Waals surface area contributed by atoms with Gasteiger partial charge in [-0.3, -0.25) is 0 Å². The van der Waals surface area contributed by atoms with Crippen LogP contribution in [-0.2, 0) is 23.0 Å². The maximum absolute atomic E-state index is 13.2. The third kappa shape index (κ3) is 7.72. The molecule has 9 heteroatoms. The van der Waals surface area contributed by atoms with Gasteiger partial charge in [0.15, 0.2) is 5.96 Å². The number of aryl methyl sites for hydroxylation is 1. The summed E-state index contributed by atoms with van der Waals surface area (Å²) in [6, 6.07) is 11.2. The fourth-order valence-electron chi connectivity index (χ4n) is 2.59. The smallest absolute Gasteiger partial charge is 0.238 e. The monoisotopic (exact) mass is 520 g/mol. The van der Waals surface area contributed by atoms with Crippen LogP contribution in [0.15, 0.2) is 52.4 Å². The molecule has 0 heterocycles. The van der Waals surface area contributed by atoms with E-state index >= 15 is 0 Å². The molecule has 2 rings (SSSR count). The molecule has 0 radical (unpaired) electrons. The standard InChI is InChI=1S/C19H25FN4O2S.HI/c1-3-22-19(23-10-9-16-7-8-17(20)11-14(16)2)24-13-15-5-4-6-18(12-15)27(21,25)26;/h4-8,11-12H,3,9-10,13H2,1-2H3,(H2,21,25,26)(H2,22,23,24);1H. The maximum Gasteiger partial charge on any atom is 0.238 e. The number of primary sulfonamides is 1. The molecular formula is C19H26FIN4O2S. The first-order chi connectivity index (χ1) is 12.8. The number of rotatable bonds is 7. The Morgan fingerprint density at radius 3 is 2.57 bits per heavy atom. The van der Waals surface area contributed by atoms with Gasteiger partial charge in [-0.15, -0.1) is 24.0 Å². The Hall–Kier alpha value is -1.72. The van der Waals surface area contributed by atoms with Crippen LogP contribution in [-0.4, -0.2) is 27.5 Å². The molecule has 0 fully saturated rings. The Morgan fingerprint density at radius 2 is 1.93 bits per heavy atom. The lowest BCUT2D eigenvalue weighted by Crippen LogP contribution is -2.38. The topological polar surface area (TPSA) is 96.6 Å². The number of nitrogens with zero attached hydrogens (tertiary/aromatic N) is 1. The van der Waals surface area contributed by atoms with Gasteiger partial charge in [0.2, 0.25) is 10.0 Å². The third-order valence-electron chi connectivity index (χ3n) is 3.98. The fourth-order valence-corrected chi connectivity index (χ4v) is 3.17. The van der Waals surface area contributed by atoms with E-state index in [1.807, 2.05) is 13.8 Å². The van der Waals surface area contributed by atoms with E-state index in [0.717, 1.165) is 23.1 Å². The molecule has 0 aliphatic heterocycles. The van der Waals surface area contributed by atoms with E-state index < -0.39 is 10.0 Å². The Bertz CT molecular complexity index is 920. The van der Waals surface area contributed by atoms with Crippen molar-refractivity contribution in [3.63, 3.8) is 0 Å². The van der Waals surface area contributed by atoms with E-state index in [4.69, 9.17) is 5.14 Å². The molecular weight excluding hydrogens is 494 g/mol. The van der Waals surface area contributed by atoms with Crippen LogP contribution in [0.4, 0.5) is 4.39 Å². The Morgan fingerprint density at radius 1 is 1.18 bits per heavy atom. The van der Waals surface area contributed by atoms with Gasteiger partial charge in [0.05, 0.1) is 11.4 Å². The molecule has 154 valence electrons. The number of benzene rings is 2. The van der Waals surface area contributed by atoms with Crippen molar-refractivity contribution in [2.24, 2.45) is 10.1 Å². The van der Waals surface area contributed by atoms with Gasteiger partial charge in [-0.1, -0.05) is 18.2 Å². The molecule has 0 unspecified atom stereocenters. The number of halogens is 2. The van der Waals surface area contributed by atoms with Crippen LogP contribution in [0, 0.1) is 12.7 Å². The SMILES string of the molecule is CCNC(=NCc1cccc(S(N)(=O)=O)c1)NCCc1ccc(F)cc1C.I. The first kappa shape index (κ1) is 24.3. The summed E-state index contributed by atoms with van der Waals surface area (Å²) in [4.78, 5) is 4.54. The normalized spacial score (nSPS) is 11.6. The van der Waals surface area contributed by atoms with Crippen LogP contribution in [0.25, 0.3) is 0 Å². The minimum absolute atomic E-state index is 0. The second-order valence-corrected chi connectivity index (χ2v) is 7.70. The summed E-state index contributed by atoms with van der Waals surface area (Å²) >= 11 is 0. The summed E-state index contributed by atoms with van der Waals surface area (Å²) in [6.45, 7) is 5.49. The Kier molecular flexibility index (Phi) is 9.83. The zero-order valence-electron chi connectivity index (χ0n) is 15.9. The second kappa shape index (κ2) is 11.3. The number of nitrogens with one attached hydrogen (secondary N) is 2. The molecule has 0 atom stereocenters. The molecule has 4 N–H and O–H groups in total. The van der Waals surface area contributed by atoms with E-state index in [1.165, 1.54) is 24.3 Å². The summed E-state index contributed by atoms with van der Waals surface area (Å²) in [7, 11) is -3.73. The van der Waals surface area contributed by atoms with E-state index in [-0.39, 0.29) is 34.7 Å². The van der Waals surface area contributed by atoms with Gasteiger partial charge in [-0.2, -0.15) is 0 Å². The highest BCUT2D eigenvalue weighted by atomic mass is 127. The summed E-state index contributed by atoms with van der Waals surface area (Å²) in [6.07, 6.45) is 0.734. The second-order valence-electron chi connectivity index (χ2n) is 6.14. The highest BCUT2D eigenvalue weighted by Crippen LogP contribution is 2.11. The van der Waals surface area contributed by atoms with Gasteiger partial charge in [0.25, 0.3) is 0 Å². The predicted molar refractivity (Wildman–Crippen MR) is 121 cm³/mol. The molecule has 0 aliphatic carbocycles. The molecule has 0 bridgehead atoms. The van der Waals surface area contributed by atoms with Crippen molar-refractivity contribution in [3.05, 3.63) is 65.0 Å². The minimum atomic E-state index is -3.73. The number of nitrogens with two attached hydrogens (primary N) is 1. The maximum atomic E-state index is 13.2. The molecule has 2 aromatic rings. The Labute approximate surface area is 182 Å². The number of aliphatic imine (C=N–C) groups is 1. The van der Waals surface area contributed by atoms with Crippen molar-refractivity contribution in [1.29, 1.82) is 0 Å². The van der Waals surface area contributed by atoms with Crippen molar-refractivity contribution >= 4 is 40.0 Å². The highest BCUT2D eigenvalue weighted by Gasteiger charge is 2.08. The van der Waals surface area contributed by atoms with Gasteiger partial charge in [-0.05, 0) is 61.2 Å². The molecule has 0 aromatic heterocycles. The van der Waals surface area contributed by atoms with E-state index in [0.29, 0.717) is 25.6 Å². The minimum Gasteiger partial charge on any atom is -0.357 e. The van der Waals surface area contributed by atoms with Crippen molar-refractivity contribution in [3.8, 4) is 0 Å². The van der Waals surface area contributed by atoms with Gasteiger partial charge in [-0.25, -0.2) is 22.9 Å². The highest BCUT2D eigenvalue weighted by molar-refractivity contribution is 14.0. The quantitative estimate of drug-likeness (QED) is 0.297. The van der Waals surface area contributed by atoms with Crippen LogP contribution in [0.3, 0.4) is 0 Å². The fraction of sp³-hybridized carbons (Fsp3) is 0.316.